The van der Waals surface area contributed by atoms with Gasteiger partial charge in [0.1, 0.15) is 0 Å². The van der Waals surface area contributed by atoms with Gasteiger partial charge in [-0.05, 0) is 30.9 Å². The zero-order chi connectivity index (χ0) is 13.0. The van der Waals surface area contributed by atoms with Crippen LogP contribution in [0.1, 0.15) is 24.5 Å². The highest BCUT2D eigenvalue weighted by atomic mass is 16.3. The highest BCUT2D eigenvalue weighted by Gasteiger charge is 2.24. The predicted octanol–water partition coefficient (Wildman–Crippen LogP) is 0.588. The van der Waals surface area contributed by atoms with Crippen molar-refractivity contribution in [2.75, 3.05) is 6.61 Å². The van der Waals surface area contributed by atoms with Crippen molar-refractivity contribution in [3.8, 4) is 0 Å². The normalized spacial score (nSPS) is 20.0. The molecular formula is C14H20N2O2. The van der Waals surface area contributed by atoms with E-state index in [9.17, 15) is 4.79 Å². The largest absolute Gasteiger partial charge is 0.396 e. The van der Waals surface area contributed by atoms with Crippen LogP contribution in [-0.2, 0) is 17.8 Å². The van der Waals surface area contributed by atoms with Crippen LogP contribution in [0.25, 0.3) is 0 Å². The Kier molecular flexibility index (Phi) is 4.33. The molecule has 1 aromatic carbocycles. The second-order valence-electron chi connectivity index (χ2n) is 4.83. The second kappa shape index (κ2) is 5.98. The Hall–Kier alpha value is -1.39. The van der Waals surface area contributed by atoms with Gasteiger partial charge in [0, 0.05) is 19.2 Å². The number of nitrogens with one attached hydrogen (secondary N) is 2. The first kappa shape index (κ1) is 13.1. The average Bonchev–Trinajstić information content (AvgIpc) is 2.38. The number of carbonyl (C=O) groups is 1. The molecule has 1 aliphatic heterocycles. The van der Waals surface area contributed by atoms with E-state index in [1.54, 1.807) is 0 Å². The van der Waals surface area contributed by atoms with Crippen molar-refractivity contribution in [1.29, 1.82) is 0 Å². The van der Waals surface area contributed by atoms with Crippen molar-refractivity contribution in [2.24, 2.45) is 0 Å². The van der Waals surface area contributed by atoms with Crippen LogP contribution in [0.4, 0.5) is 0 Å². The molecule has 2 unspecified atom stereocenters. The number of benzene rings is 1. The van der Waals surface area contributed by atoms with E-state index in [4.69, 9.17) is 5.11 Å². The third-order valence-corrected chi connectivity index (χ3v) is 3.35. The summed E-state index contributed by atoms with van der Waals surface area (Å²) in [4.78, 5) is 12.0. The van der Waals surface area contributed by atoms with Crippen molar-refractivity contribution < 1.29 is 9.90 Å². The molecule has 1 heterocycles. The molecule has 0 fully saturated rings. The zero-order valence-electron chi connectivity index (χ0n) is 10.6. The molecule has 4 heteroatoms. The van der Waals surface area contributed by atoms with Gasteiger partial charge in [0.2, 0.25) is 5.91 Å². The third kappa shape index (κ3) is 3.09. The zero-order valence-corrected chi connectivity index (χ0v) is 10.6. The summed E-state index contributed by atoms with van der Waals surface area (Å²) in [5, 5.41) is 15.0. The monoisotopic (exact) mass is 248 g/mol. The number of hydrogen-bond donors (Lipinski definition) is 3. The van der Waals surface area contributed by atoms with Crippen molar-refractivity contribution in [3.05, 3.63) is 35.4 Å². The summed E-state index contributed by atoms with van der Waals surface area (Å²) in [5.74, 6) is 0.0189. The highest BCUT2D eigenvalue weighted by Crippen LogP contribution is 2.16. The van der Waals surface area contributed by atoms with Crippen LogP contribution in [0, 0.1) is 0 Å². The Bertz CT molecular complexity index is 420. The number of fused-ring (bicyclic) bond motifs is 1. The van der Waals surface area contributed by atoms with Crippen molar-refractivity contribution in [2.45, 2.75) is 38.4 Å². The molecule has 0 radical (unpaired) electrons. The van der Waals surface area contributed by atoms with Gasteiger partial charge in [-0.3, -0.25) is 4.79 Å². The number of rotatable bonds is 4. The number of hydrogen-bond acceptors (Lipinski definition) is 3. The van der Waals surface area contributed by atoms with Crippen LogP contribution >= 0.6 is 0 Å². The minimum atomic E-state index is -0.166. The van der Waals surface area contributed by atoms with Gasteiger partial charge in [-0.15, -0.1) is 0 Å². The lowest BCUT2D eigenvalue weighted by Crippen LogP contribution is -2.50. The van der Waals surface area contributed by atoms with Crippen LogP contribution < -0.4 is 10.6 Å². The number of carbonyl (C=O) groups excluding carboxylic acids is 1. The lowest BCUT2D eigenvalue weighted by molar-refractivity contribution is -0.124. The van der Waals surface area contributed by atoms with Crippen LogP contribution in [0.3, 0.4) is 0 Å². The number of aliphatic hydroxyl groups excluding tert-OH is 1. The molecule has 0 bridgehead atoms. The van der Waals surface area contributed by atoms with E-state index >= 15 is 0 Å². The third-order valence-electron chi connectivity index (χ3n) is 3.35. The van der Waals surface area contributed by atoms with Gasteiger partial charge in [-0.2, -0.15) is 0 Å². The summed E-state index contributed by atoms with van der Waals surface area (Å²) >= 11 is 0. The molecule has 0 saturated carbocycles. The summed E-state index contributed by atoms with van der Waals surface area (Å²) in [7, 11) is 0. The van der Waals surface area contributed by atoms with E-state index in [0.29, 0.717) is 6.42 Å². The Morgan fingerprint density at radius 3 is 2.94 bits per heavy atom. The smallest absolute Gasteiger partial charge is 0.237 e. The van der Waals surface area contributed by atoms with Crippen LogP contribution in [-0.4, -0.2) is 29.7 Å². The maximum atomic E-state index is 12.0. The standard InChI is InChI=1S/C14H20N2O2/c1-10(6-7-17)16-14(18)13-8-11-4-2-3-5-12(11)9-15-13/h2-5,10,13,15,17H,6-9H2,1H3,(H,16,18). The molecule has 2 rings (SSSR count). The van der Waals surface area contributed by atoms with E-state index in [1.165, 1.54) is 11.1 Å². The predicted molar refractivity (Wildman–Crippen MR) is 70.1 cm³/mol. The van der Waals surface area contributed by atoms with Gasteiger partial charge in [-0.1, -0.05) is 24.3 Å². The van der Waals surface area contributed by atoms with E-state index in [1.807, 2.05) is 19.1 Å². The van der Waals surface area contributed by atoms with E-state index in [2.05, 4.69) is 22.8 Å². The molecule has 0 aromatic heterocycles. The Morgan fingerprint density at radius 1 is 1.50 bits per heavy atom. The summed E-state index contributed by atoms with van der Waals surface area (Å²) < 4.78 is 0. The Balaban J connectivity index is 1.94. The maximum Gasteiger partial charge on any atom is 0.237 e. The molecule has 4 nitrogen and oxygen atoms in total. The molecule has 0 aliphatic carbocycles. The summed E-state index contributed by atoms with van der Waals surface area (Å²) in [6.07, 6.45) is 1.32. The summed E-state index contributed by atoms with van der Waals surface area (Å²) in [5.41, 5.74) is 2.51. The molecule has 1 aromatic rings. The molecule has 1 aliphatic rings. The van der Waals surface area contributed by atoms with E-state index < -0.39 is 0 Å². The summed E-state index contributed by atoms with van der Waals surface area (Å²) in [6, 6.07) is 8.04. The first-order valence-corrected chi connectivity index (χ1v) is 6.42. The van der Waals surface area contributed by atoms with Crippen LogP contribution in [0.2, 0.25) is 0 Å². The minimum absolute atomic E-state index is 0.0153. The van der Waals surface area contributed by atoms with E-state index in [-0.39, 0.29) is 24.6 Å². The number of aliphatic hydroxyl groups is 1. The quantitative estimate of drug-likeness (QED) is 0.731. The molecule has 2 atom stereocenters. The van der Waals surface area contributed by atoms with Crippen LogP contribution in [0.15, 0.2) is 24.3 Å². The maximum absolute atomic E-state index is 12.0. The lowest BCUT2D eigenvalue weighted by Gasteiger charge is -2.26. The van der Waals surface area contributed by atoms with E-state index in [0.717, 1.165) is 13.0 Å². The summed E-state index contributed by atoms with van der Waals surface area (Å²) in [6.45, 7) is 2.75. The van der Waals surface area contributed by atoms with Crippen molar-refractivity contribution in [1.82, 2.24) is 10.6 Å². The van der Waals surface area contributed by atoms with Gasteiger partial charge in [0.25, 0.3) is 0 Å². The number of amides is 1. The average molecular weight is 248 g/mol. The fourth-order valence-corrected chi connectivity index (χ4v) is 2.25. The van der Waals surface area contributed by atoms with Gasteiger partial charge in [0.15, 0.2) is 0 Å². The molecule has 0 spiro atoms. The first-order chi connectivity index (χ1) is 8.70. The highest BCUT2D eigenvalue weighted by molar-refractivity contribution is 5.82. The van der Waals surface area contributed by atoms with Crippen molar-refractivity contribution in [3.63, 3.8) is 0 Å². The molecule has 18 heavy (non-hydrogen) atoms. The minimum Gasteiger partial charge on any atom is -0.396 e. The van der Waals surface area contributed by atoms with Gasteiger partial charge in [0.05, 0.1) is 6.04 Å². The molecule has 98 valence electrons. The SMILES string of the molecule is CC(CCO)NC(=O)C1Cc2ccccc2CN1. The Morgan fingerprint density at radius 2 is 2.22 bits per heavy atom. The van der Waals surface area contributed by atoms with Gasteiger partial charge in [-0.25, -0.2) is 0 Å². The Labute approximate surface area is 107 Å². The van der Waals surface area contributed by atoms with Gasteiger partial charge >= 0.3 is 0 Å². The fourth-order valence-electron chi connectivity index (χ4n) is 2.25. The topological polar surface area (TPSA) is 61.4 Å². The molecule has 0 saturated heterocycles. The van der Waals surface area contributed by atoms with Gasteiger partial charge < -0.3 is 15.7 Å². The first-order valence-electron chi connectivity index (χ1n) is 6.42. The lowest BCUT2D eigenvalue weighted by atomic mass is 9.95. The molecule has 1 amide bonds. The second-order valence-corrected chi connectivity index (χ2v) is 4.83. The van der Waals surface area contributed by atoms with Crippen molar-refractivity contribution >= 4 is 5.91 Å². The van der Waals surface area contributed by atoms with Crippen LogP contribution in [0.5, 0.6) is 0 Å². The molecular weight excluding hydrogens is 228 g/mol. The fraction of sp³-hybridized carbons (Fsp3) is 0.500. The molecule has 3 N–H and O–H groups in total.